The summed E-state index contributed by atoms with van der Waals surface area (Å²) in [4.78, 5) is 31.6. The Morgan fingerprint density at radius 2 is 1.94 bits per heavy atom. The number of halogens is 1. The molecule has 1 aromatic heterocycles. The van der Waals surface area contributed by atoms with E-state index in [2.05, 4.69) is 10.3 Å². The van der Waals surface area contributed by atoms with E-state index in [0.717, 1.165) is 5.56 Å². The molecule has 1 aromatic carbocycles. The second-order valence-corrected chi connectivity index (χ2v) is 13.1. The second kappa shape index (κ2) is 9.20. The fraction of sp³-hybridized carbons (Fsp3) is 0.522. The lowest BCUT2D eigenvalue weighted by Gasteiger charge is -2.37. The van der Waals surface area contributed by atoms with Crippen LogP contribution in [-0.4, -0.2) is 75.0 Å². The molecule has 0 spiro atoms. The quantitative estimate of drug-likeness (QED) is 0.443. The van der Waals surface area contributed by atoms with Gasteiger partial charge in [-0.3, -0.25) is 9.59 Å². The van der Waals surface area contributed by atoms with E-state index in [0.29, 0.717) is 24.4 Å². The molecule has 190 valence electrons. The van der Waals surface area contributed by atoms with Gasteiger partial charge in [0, 0.05) is 37.2 Å². The lowest BCUT2D eigenvalue weighted by atomic mass is 10.1. The second-order valence-electron chi connectivity index (χ2n) is 9.73. The van der Waals surface area contributed by atoms with Gasteiger partial charge in [0.1, 0.15) is 5.69 Å². The van der Waals surface area contributed by atoms with Crippen molar-refractivity contribution in [1.82, 2.24) is 19.8 Å². The van der Waals surface area contributed by atoms with Crippen LogP contribution < -0.4 is 11.1 Å². The number of sulfone groups is 1. The van der Waals surface area contributed by atoms with E-state index in [-0.39, 0.29) is 37.1 Å². The van der Waals surface area contributed by atoms with Gasteiger partial charge < -0.3 is 25.6 Å². The molecule has 2 heterocycles. The summed E-state index contributed by atoms with van der Waals surface area (Å²) >= 11 is 5.89. The smallest absolute Gasteiger partial charge is 0.287 e. The summed E-state index contributed by atoms with van der Waals surface area (Å²) in [5.41, 5.74) is 7.03. The Hall–Kier alpha value is -2.47. The Kier molecular flexibility index (Phi) is 6.73. The van der Waals surface area contributed by atoms with E-state index in [1.54, 1.807) is 16.7 Å². The zero-order chi connectivity index (χ0) is 25.6. The number of aliphatic hydroxyl groups excluding tert-OH is 1. The van der Waals surface area contributed by atoms with Crippen molar-refractivity contribution < 1.29 is 23.1 Å². The number of carbonyl (C=O) groups excluding carboxylic acids is 2. The van der Waals surface area contributed by atoms with Gasteiger partial charge >= 0.3 is 0 Å². The number of imidazole rings is 1. The van der Waals surface area contributed by atoms with E-state index in [4.69, 9.17) is 17.3 Å². The molecule has 0 saturated heterocycles. The molecule has 2 aliphatic rings. The number of nitrogens with zero attached hydrogens (tertiary/aromatic N) is 3. The summed E-state index contributed by atoms with van der Waals surface area (Å²) < 4.78 is 26.1. The highest BCUT2D eigenvalue weighted by atomic mass is 35.5. The number of amides is 2. The van der Waals surface area contributed by atoms with Gasteiger partial charge in [0.05, 0.1) is 22.3 Å². The van der Waals surface area contributed by atoms with Gasteiger partial charge in [-0.25, -0.2) is 13.4 Å². The summed E-state index contributed by atoms with van der Waals surface area (Å²) in [5, 5.41) is 12.9. The molecule has 1 aliphatic carbocycles. The van der Waals surface area contributed by atoms with Crippen LogP contribution in [0.1, 0.15) is 53.4 Å². The molecule has 35 heavy (non-hydrogen) atoms. The Bertz CT molecular complexity index is 1240. The fourth-order valence-electron chi connectivity index (χ4n) is 4.43. The first-order valence-electron chi connectivity index (χ1n) is 11.4. The number of hydrogen-bond donors (Lipinski definition) is 3. The maximum atomic E-state index is 13.5. The summed E-state index contributed by atoms with van der Waals surface area (Å²) in [6, 6.07) is 6.15. The third-order valence-corrected chi connectivity index (χ3v) is 10.8. The zero-order valence-electron chi connectivity index (χ0n) is 19.7. The van der Waals surface area contributed by atoms with Gasteiger partial charge in [0.15, 0.2) is 15.7 Å². The van der Waals surface area contributed by atoms with Gasteiger partial charge in [-0.15, -0.1) is 0 Å². The van der Waals surface area contributed by atoms with Crippen LogP contribution in [0.3, 0.4) is 0 Å². The molecular formula is C23H30ClN5O5S. The van der Waals surface area contributed by atoms with Crippen molar-refractivity contribution >= 4 is 33.3 Å². The topological polar surface area (TPSA) is 148 Å². The molecule has 1 saturated carbocycles. The van der Waals surface area contributed by atoms with E-state index in [9.17, 15) is 23.1 Å². The highest BCUT2D eigenvalue weighted by molar-refractivity contribution is 7.94. The van der Waals surface area contributed by atoms with Crippen molar-refractivity contribution in [3.63, 3.8) is 0 Å². The molecule has 10 nitrogen and oxygen atoms in total. The molecule has 0 radical (unpaired) electrons. The number of fused-ring (bicyclic) bond motifs is 1. The number of benzene rings is 1. The summed E-state index contributed by atoms with van der Waals surface area (Å²) in [6.45, 7) is 3.48. The maximum Gasteiger partial charge on any atom is 0.287 e. The minimum absolute atomic E-state index is 0.0407. The third-order valence-electron chi connectivity index (χ3n) is 7.16. The summed E-state index contributed by atoms with van der Waals surface area (Å²) in [6.07, 6.45) is 2.21. The van der Waals surface area contributed by atoms with Crippen LogP contribution in [0.2, 0.25) is 5.02 Å². The summed E-state index contributed by atoms with van der Waals surface area (Å²) in [7, 11) is -3.76. The number of carbonyl (C=O) groups is 2. The van der Waals surface area contributed by atoms with Crippen molar-refractivity contribution in [2.45, 2.75) is 55.3 Å². The molecule has 4 N–H and O–H groups in total. The van der Waals surface area contributed by atoms with Crippen LogP contribution in [0, 0.1) is 0 Å². The zero-order valence-corrected chi connectivity index (χ0v) is 21.3. The summed E-state index contributed by atoms with van der Waals surface area (Å²) in [5.74, 6) is -0.648. The molecule has 0 unspecified atom stereocenters. The number of nitrogens with two attached hydrogens (primary N) is 1. The molecular weight excluding hydrogens is 494 g/mol. The van der Waals surface area contributed by atoms with Crippen molar-refractivity contribution in [3.05, 3.63) is 52.6 Å². The predicted octanol–water partition coefficient (Wildman–Crippen LogP) is 0.968. The lowest BCUT2D eigenvalue weighted by Crippen LogP contribution is -2.57. The number of aliphatic hydroxyl groups is 1. The average Bonchev–Trinajstić information content (AvgIpc) is 3.50. The molecule has 2 amide bonds. The molecule has 1 fully saturated rings. The van der Waals surface area contributed by atoms with E-state index < -0.39 is 37.9 Å². The van der Waals surface area contributed by atoms with Gasteiger partial charge in [-0.05, 0) is 44.4 Å². The number of hydrogen-bond acceptors (Lipinski definition) is 7. The van der Waals surface area contributed by atoms with Crippen LogP contribution in [0.25, 0.3) is 0 Å². The SMILES string of the molecule is CC(C)([C@H](N)CO)S(=O)(=O)C1(CN2CCn3c(cnc3C(=O)NCc3ccc(Cl)cc3)C2=O)CC1. The standard InChI is InChI=1S/C23H30ClN5O5S/c1-22(2,18(25)13-30)35(33,34)23(7-8-23)14-28-9-10-29-17(21(28)32)12-26-19(29)20(31)27-11-15-3-5-16(24)6-4-15/h3-6,12,18,30H,7-11,13-14,25H2,1-2H3,(H,27,31)/t18-/m1/s1. The van der Waals surface area contributed by atoms with Gasteiger partial charge in [0.25, 0.3) is 11.8 Å². The minimum atomic E-state index is -3.76. The van der Waals surface area contributed by atoms with Crippen molar-refractivity contribution in [2.24, 2.45) is 5.73 Å². The van der Waals surface area contributed by atoms with Crippen molar-refractivity contribution in [2.75, 3.05) is 19.7 Å². The molecule has 2 aromatic rings. The first-order chi connectivity index (χ1) is 16.4. The van der Waals surface area contributed by atoms with Gasteiger partial charge in [-0.2, -0.15) is 0 Å². The minimum Gasteiger partial charge on any atom is -0.395 e. The number of nitrogens with one attached hydrogen (secondary N) is 1. The Balaban J connectivity index is 1.47. The fourth-order valence-corrected chi connectivity index (χ4v) is 7.11. The van der Waals surface area contributed by atoms with Crippen LogP contribution in [0.4, 0.5) is 0 Å². The van der Waals surface area contributed by atoms with Crippen LogP contribution in [-0.2, 0) is 22.9 Å². The average molecular weight is 524 g/mol. The molecule has 0 bridgehead atoms. The van der Waals surface area contributed by atoms with E-state index >= 15 is 0 Å². The van der Waals surface area contributed by atoms with E-state index in [1.165, 1.54) is 24.9 Å². The monoisotopic (exact) mass is 523 g/mol. The van der Waals surface area contributed by atoms with Crippen LogP contribution >= 0.6 is 11.6 Å². The first kappa shape index (κ1) is 25.6. The Morgan fingerprint density at radius 3 is 2.54 bits per heavy atom. The van der Waals surface area contributed by atoms with Crippen molar-refractivity contribution in [1.29, 1.82) is 0 Å². The maximum absolute atomic E-state index is 13.5. The normalized spacial score (nSPS) is 18.2. The highest BCUT2D eigenvalue weighted by Gasteiger charge is 2.62. The van der Waals surface area contributed by atoms with E-state index in [1.807, 2.05) is 12.1 Å². The van der Waals surface area contributed by atoms with Crippen LogP contribution in [0.5, 0.6) is 0 Å². The van der Waals surface area contributed by atoms with Crippen LogP contribution in [0.15, 0.2) is 30.5 Å². The largest absolute Gasteiger partial charge is 0.395 e. The van der Waals surface area contributed by atoms with Crippen molar-refractivity contribution in [3.8, 4) is 0 Å². The number of aromatic nitrogens is 2. The Morgan fingerprint density at radius 1 is 1.29 bits per heavy atom. The Labute approximate surface area is 209 Å². The molecule has 1 aliphatic heterocycles. The molecule has 4 rings (SSSR count). The molecule has 12 heteroatoms. The first-order valence-corrected chi connectivity index (χ1v) is 13.3. The number of rotatable bonds is 9. The predicted molar refractivity (Wildman–Crippen MR) is 131 cm³/mol. The van der Waals surface area contributed by atoms with Gasteiger partial charge in [-0.1, -0.05) is 23.7 Å². The lowest BCUT2D eigenvalue weighted by molar-refractivity contribution is 0.0697. The third kappa shape index (κ3) is 4.46. The highest BCUT2D eigenvalue weighted by Crippen LogP contribution is 2.49. The molecule has 1 atom stereocenters. The van der Waals surface area contributed by atoms with Gasteiger partial charge in [0.2, 0.25) is 0 Å².